The number of carbonyl (C=O) groups is 12. The Kier molecular flexibility index (Phi) is 29.9. The highest BCUT2D eigenvalue weighted by atomic mass is 35.5. The molecule has 3 N–H and O–H groups in total. The smallest absolute Gasteiger partial charge is 0.343 e. The standard InChI is InChI=1S/C71H113ClF3N13O12/c1-14-45(6)60-67(98)82(9)41-58(91)80(7)42-59(92)84(11)54(37-47-22-24-48(39-76)25-23-47)65(96)81(8)40-56(89)77-51(29-27-46-26-28-49(50(72)36-46)71(73,74)75)64(95)88-34-20-21-52(88)63(94)79-70(30-16-17-31-70)69(100)86(13)61(44(4)5)68(99)85(12)55(66(97)87-32-18-15-19-33-87)38-57(90)83(10)53(35-43(2)3)62(93)78-60/h43-55,60-61H,14-38,40-42H2,1-13H3,(H,77,89)(H,78,93)(H,79,94)/t45-,46?,47?,48?,49?,50?,51-,52-,53-,54-,55-,60-,61-/m0/s1. The van der Waals surface area contributed by atoms with Gasteiger partial charge in [0.25, 0.3) is 0 Å². The van der Waals surface area contributed by atoms with E-state index >= 15 is 19.2 Å². The highest BCUT2D eigenvalue weighted by Crippen LogP contribution is 2.44. The Hall–Kier alpha value is -6.79. The number of rotatable bonds is 11. The Morgan fingerprint density at radius 2 is 1.23 bits per heavy atom. The molecule has 0 bridgehead atoms. The molecule has 6 fully saturated rings. The lowest BCUT2D eigenvalue weighted by Crippen LogP contribution is -2.65. The van der Waals surface area contributed by atoms with E-state index in [2.05, 4.69) is 22.0 Å². The average molecular weight is 1430 g/mol. The number of likely N-dealkylation sites (N-methyl/N-ethyl adjacent to an activating group) is 7. The molecule has 29 heteroatoms. The number of hydrogen-bond donors (Lipinski definition) is 3. The predicted octanol–water partition coefficient (Wildman–Crippen LogP) is 5.31. The molecule has 3 unspecified atom stereocenters. The first-order chi connectivity index (χ1) is 47.0. The van der Waals surface area contributed by atoms with Crippen molar-refractivity contribution in [2.75, 3.05) is 88.6 Å². The Balaban J connectivity index is 1.41. The van der Waals surface area contributed by atoms with E-state index in [0.29, 0.717) is 77.3 Å². The zero-order valence-corrected chi connectivity index (χ0v) is 62.1. The van der Waals surface area contributed by atoms with Crippen LogP contribution >= 0.6 is 11.6 Å². The van der Waals surface area contributed by atoms with Crippen LogP contribution in [0.15, 0.2) is 0 Å². The molecule has 0 aromatic heterocycles. The molecule has 3 aliphatic heterocycles. The number of halogens is 4. The largest absolute Gasteiger partial charge is 0.393 e. The number of nitrogens with one attached hydrogen (secondary N) is 3. The number of nitrogens with zero attached hydrogens (tertiary/aromatic N) is 10. The van der Waals surface area contributed by atoms with Crippen molar-refractivity contribution in [3.8, 4) is 6.07 Å². The van der Waals surface area contributed by atoms with Gasteiger partial charge in [-0.15, -0.1) is 11.6 Å². The number of hydrogen-bond acceptors (Lipinski definition) is 13. The van der Waals surface area contributed by atoms with Crippen LogP contribution in [-0.4, -0.2) is 263 Å². The summed E-state index contributed by atoms with van der Waals surface area (Å²) in [6.45, 7) is 9.78. The third-order valence-electron chi connectivity index (χ3n) is 22.3. The molecule has 100 heavy (non-hydrogen) atoms. The summed E-state index contributed by atoms with van der Waals surface area (Å²) < 4.78 is 42.0. The van der Waals surface area contributed by atoms with Crippen LogP contribution in [0.2, 0.25) is 0 Å². The van der Waals surface area contributed by atoms with Crippen molar-refractivity contribution in [3.63, 3.8) is 0 Å². The summed E-state index contributed by atoms with van der Waals surface area (Å²) in [6, 6.07) is -6.53. The first-order valence-corrected chi connectivity index (χ1v) is 36.8. The van der Waals surface area contributed by atoms with Crippen molar-refractivity contribution in [2.45, 2.75) is 242 Å². The summed E-state index contributed by atoms with van der Waals surface area (Å²) in [5.41, 5.74) is -1.58. The number of likely N-dealkylation sites (tertiary alicyclic amines) is 1. The minimum absolute atomic E-state index is 0.0175. The van der Waals surface area contributed by atoms with Gasteiger partial charge in [-0.1, -0.05) is 60.8 Å². The molecule has 1 spiro atoms. The molecule has 3 saturated heterocycles. The van der Waals surface area contributed by atoms with E-state index < -0.39 is 174 Å². The van der Waals surface area contributed by atoms with Crippen molar-refractivity contribution in [2.24, 2.45) is 41.4 Å². The number of alkyl halides is 4. The molecule has 3 heterocycles. The molecule has 11 atom stereocenters. The fourth-order valence-electron chi connectivity index (χ4n) is 15.7. The Labute approximate surface area is 594 Å². The minimum atomic E-state index is -4.52. The van der Waals surface area contributed by atoms with Gasteiger partial charge in [0.1, 0.15) is 47.8 Å². The average Bonchev–Trinajstić information content (AvgIpc) is 1.66. The summed E-state index contributed by atoms with van der Waals surface area (Å²) in [4.78, 5) is 189. The highest BCUT2D eigenvalue weighted by molar-refractivity contribution is 6.21. The molecule has 0 radical (unpaired) electrons. The van der Waals surface area contributed by atoms with Crippen LogP contribution in [0.4, 0.5) is 13.2 Å². The van der Waals surface area contributed by atoms with Gasteiger partial charge in [0.2, 0.25) is 70.9 Å². The van der Waals surface area contributed by atoms with Gasteiger partial charge in [-0.2, -0.15) is 18.4 Å². The van der Waals surface area contributed by atoms with Crippen LogP contribution in [0.1, 0.15) is 183 Å². The maximum atomic E-state index is 15.4. The van der Waals surface area contributed by atoms with E-state index in [0.717, 1.165) is 21.1 Å². The Bertz CT molecular complexity index is 2970. The normalized spacial score (nSPS) is 30.3. The molecule has 562 valence electrons. The van der Waals surface area contributed by atoms with Gasteiger partial charge in [0.05, 0.1) is 38.0 Å². The van der Waals surface area contributed by atoms with Crippen LogP contribution < -0.4 is 16.0 Å². The van der Waals surface area contributed by atoms with Gasteiger partial charge >= 0.3 is 6.18 Å². The number of fused-ring (bicyclic) bond motifs is 1. The molecule has 3 saturated carbocycles. The first-order valence-electron chi connectivity index (χ1n) is 36.4. The van der Waals surface area contributed by atoms with Gasteiger partial charge in [-0.05, 0) is 145 Å². The number of carbonyl (C=O) groups excluding carboxylic acids is 12. The van der Waals surface area contributed by atoms with Crippen LogP contribution in [-0.2, 0) is 57.5 Å². The molecule has 25 nitrogen and oxygen atoms in total. The van der Waals surface area contributed by atoms with Gasteiger partial charge in [-0.25, -0.2) is 0 Å². The molecule has 3 aliphatic carbocycles. The predicted molar refractivity (Wildman–Crippen MR) is 367 cm³/mol. The van der Waals surface area contributed by atoms with Crippen molar-refractivity contribution in [3.05, 3.63) is 0 Å². The zero-order chi connectivity index (χ0) is 74.4. The summed E-state index contributed by atoms with van der Waals surface area (Å²) >= 11 is 6.39. The van der Waals surface area contributed by atoms with Crippen molar-refractivity contribution < 1.29 is 70.7 Å². The monoisotopic (exact) mass is 1430 g/mol. The summed E-state index contributed by atoms with van der Waals surface area (Å²) in [5, 5.41) is 17.2. The van der Waals surface area contributed by atoms with Crippen LogP contribution in [0, 0.1) is 52.8 Å². The van der Waals surface area contributed by atoms with Gasteiger partial charge in [-0.3, -0.25) is 57.5 Å². The molecular formula is C71H113ClF3N13O12. The quantitative estimate of drug-likeness (QED) is 0.221. The van der Waals surface area contributed by atoms with E-state index in [1.165, 1.54) is 73.8 Å². The lowest BCUT2D eigenvalue weighted by Gasteiger charge is -2.42. The minimum Gasteiger partial charge on any atom is -0.343 e. The van der Waals surface area contributed by atoms with Crippen LogP contribution in [0.25, 0.3) is 0 Å². The Morgan fingerprint density at radius 1 is 0.630 bits per heavy atom. The SMILES string of the molecule is CC[C@H](C)[C@@H]1NC(=O)[C@H](CC(C)C)N(C)C(=O)C[C@@H](C(=O)N2CCCCC2)N(C)C(=O)[C@H](C(C)C)N(C)C(=O)C2(CCCC2)NC(=O)[C@@H]2CCCN2C(=O)[C@H](CCC2CCC(C(F)(F)F)C(Cl)C2)NC(=O)CN(C)C(=O)[C@H](CC2CCC(C#N)CC2)N(C)C(=O)CN(C)C(=O)CN(C)C1=O. The van der Waals surface area contributed by atoms with Gasteiger partial charge in [0.15, 0.2) is 0 Å². The fraction of sp³-hybridized carbons (Fsp3) is 0.817. The van der Waals surface area contributed by atoms with Gasteiger partial charge < -0.3 is 60.0 Å². The highest BCUT2D eigenvalue weighted by Gasteiger charge is 2.52. The zero-order valence-electron chi connectivity index (χ0n) is 61.3. The second kappa shape index (κ2) is 36.4. The van der Waals surface area contributed by atoms with E-state index in [1.54, 1.807) is 25.7 Å². The second-order valence-electron chi connectivity index (χ2n) is 30.4. The molecule has 6 aliphatic rings. The van der Waals surface area contributed by atoms with Crippen molar-refractivity contribution in [1.29, 1.82) is 5.26 Å². The van der Waals surface area contributed by atoms with Crippen LogP contribution in [0.5, 0.6) is 0 Å². The van der Waals surface area contributed by atoms with Crippen molar-refractivity contribution in [1.82, 2.24) is 60.0 Å². The number of amides is 12. The third kappa shape index (κ3) is 20.7. The second-order valence-corrected chi connectivity index (χ2v) is 31.0. The first kappa shape index (κ1) is 82.2. The topological polar surface area (TPSA) is 294 Å². The van der Waals surface area contributed by atoms with E-state index in [9.17, 15) is 56.8 Å². The molecule has 0 aromatic rings. The van der Waals surface area contributed by atoms with E-state index in [1.807, 2.05) is 20.8 Å². The number of piperidine rings is 1. The summed E-state index contributed by atoms with van der Waals surface area (Å²) in [7, 11) is 9.78. The van der Waals surface area contributed by atoms with E-state index in [4.69, 9.17) is 11.6 Å². The molecular weight excluding hydrogens is 1320 g/mol. The summed E-state index contributed by atoms with van der Waals surface area (Å²) in [6.07, 6.45) is 1.76. The lowest BCUT2D eigenvalue weighted by atomic mass is 9.78. The molecule has 6 rings (SSSR count). The fourth-order valence-corrected chi connectivity index (χ4v) is 16.2. The van der Waals surface area contributed by atoms with Crippen LogP contribution in [0.3, 0.4) is 0 Å². The van der Waals surface area contributed by atoms with E-state index in [-0.39, 0.29) is 94.4 Å². The van der Waals surface area contributed by atoms with Gasteiger partial charge in [0, 0.05) is 80.3 Å². The molecule has 12 amide bonds. The Morgan fingerprint density at radius 3 is 1.81 bits per heavy atom. The summed E-state index contributed by atoms with van der Waals surface area (Å²) in [5.74, 6) is -11.7. The molecule has 0 aromatic carbocycles. The lowest BCUT2D eigenvalue weighted by molar-refractivity contribution is -0.182. The third-order valence-corrected chi connectivity index (χ3v) is 22.8. The van der Waals surface area contributed by atoms with Crippen molar-refractivity contribution >= 4 is 82.5 Å². The maximum Gasteiger partial charge on any atom is 0.393 e. The maximum absolute atomic E-state index is 15.4. The number of nitriles is 1.